The summed E-state index contributed by atoms with van der Waals surface area (Å²) in [6.45, 7) is 3.24. The van der Waals surface area contributed by atoms with Crippen molar-refractivity contribution in [2.24, 2.45) is 0 Å². The molecule has 0 saturated heterocycles. The summed E-state index contributed by atoms with van der Waals surface area (Å²) in [7, 11) is -1.39. The average molecular weight is 393 g/mol. The van der Waals surface area contributed by atoms with Crippen molar-refractivity contribution in [3.8, 4) is 0 Å². The number of nitrogens with one attached hydrogen (secondary N) is 1. The Kier molecular flexibility index (Phi) is 6.56. The summed E-state index contributed by atoms with van der Waals surface area (Å²) >= 11 is 0. The number of hydrogen-bond donors (Lipinski definition) is 1. The molecule has 6 nitrogen and oxygen atoms in total. The summed E-state index contributed by atoms with van der Waals surface area (Å²) in [5.41, 5.74) is 1.81. The third-order valence-corrected chi connectivity index (χ3v) is 5.91. The van der Waals surface area contributed by atoms with E-state index < -0.39 is 28.5 Å². The second-order valence-electron chi connectivity index (χ2n) is 6.45. The zero-order chi connectivity index (χ0) is 20.2. The molecule has 146 valence electrons. The number of nitrogens with zero attached hydrogens (tertiary/aromatic N) is 2. The van der Waals surface area contributed by atoms with Gasteiger partial charge in [-0.25, -0.2) is 8.70 Å². The molecule has 0 aliphatic heterocycles. The molecule has 0 unspecified atom stereocenters. The maximum Gasteiger partial charge on any atom is 0.304 e. The Morgan fingerprint density at radius 3 is 2.26 bits per heavy atom. The van der Waals surface area contributed by atoms with Gasteiger partial charge in [0.1, 0.15) is 12.4 Å². The van der Waals surface area contributed by atoms with Gasteiger partial charge in [0.15, 0.2) is 0 Å². The van der Waals surface area contributed by atoms with Crippen LogP contribution in [0.15, 0.2) is 48.5 Å². The lowest BCUT2D eigenvalue weighted by molar-refractivity contribution is -0.120. The third-order valence-electron chi connectivity index (χ3n) is 4.10. The number of carbonyl (C=O) groups is 1. The van der Waals surface area contributed by atoms with Crippen LogP contribution in [0.2, 0.25) is 0 Å². The molecule has 27 heavy (non-hydrogen) atoms. The summed E-state index contributed by atoms with van der Waals surface area (Å²) in [5.74, 6) is -1.25. The quantitative estimate of drug-likeness (QED) is 0.786. The van der Waals surface area contributed by atoms with E-state index in [2.05, 4.69) is 5.32 Å². The number of carbonyl (C=O) groups excluding carboxylic acids is 1. The number of hydrogen-bond acceptors (Lipinski definition) is 3. The smallest absolute Gasteiger partial charge is 0.304 e. The molecule has 0 heterocycles. The van der Waals surface area contributed by atoms with E-state index in [1.807, 2.05) is 31.2 Å². The first-order valence-corrected chi connectivity index (χ1v) is 9.83. The molecule has 0 spiro atoms. The zero-order valence-corrected chi connectivity index (χ0v) is 16.6. The first kappa shape index (κ1) is 20.9. The molecule has 8 heteroatoms. The van der Waals surface area contributed by atoms with Gasteiger partial charge in [0.05, 0.1) is 11.7 Å². The van der Waals surface area contributed by atoms with Crippen molar-refractivity contribution in [3.05, 3.63) is 65.5 Å². The van der Waals surface area contributed by atoms with Gasteiger partial charge in [-0.1, -0.05) is 42.0 Å². The second-order valence-corrected chi connectivity index (χ2v) is 8.51. The van der Waals surface area contributed by atoms with E-state index in [9.17, 15) is 17.6 Å². The number of amides is 1. The second kappa shape index (κ2) is 8.49. The molecule has 2 aromatic carbocycles. The highest BCUT2D eigenvalue weighted by atomic mass is 32.2. The largest absolute Gasteiger partial charge is 0.348 e. The monoisotopic (exact) mass is 393 g/mol. The van der Waals surface area contributed by atoms with Crippen LogP contribution in [0, 0.1) is 12.7 Å². The summed E-state index contributed by atoms with van der Waals surface area (Å²) in [4.78, 5) is 12.5. The molecule has 0 bridgehead atoms. The lowest BCUT2D eigenvalue weighted by Crippen LogP contribution is -2.46. The highest BCUT2D eigenvalue weighted by molar-refractivity contribution is 7.90. The van der Waals surface area contributed by atoms with Crippen LogP contribution in [0.5, 0.6) is 0 Å². The maximum absolute atomic E-state index is 14.2. The van der Waals surface area contributed by atoms with Gasteiger partial charge >= 0.3 is 10.2 Å². The molecule has 1 atom stereocenters. The van der Waals surface area contributed by atoms with Gasteiger partial charge in [0.2, 0.25) is 5.91 Å². The number of para-hydroxylation sites is 1. The van der Waals surface area contributed by atoms with E-state index in [1.165, 1.54) is 32.3 Å². The van der Waals surface area contributed by atoms with E-state index in [1.54, 1.807) is 6.92 Å². The molecule has 0 aliphatic carbocycles. The predicted molar refractivity (Wildman–Crippen MR) is 104 cm³/mol. The van der Waals surface area contributed by atoms with E-state index in [-0.39, 0.29) is 11.7 Å². The summed E-state index contributed by atoms with van der Waals surface area (Å²) in [5, 5.41) is 2.76. The van der Waals surface area contributed by atoms with Crippen LogP contribution in [-0.4, -0.2) is 39.3 Å². The van der Waals surface area contributed by atoms with Crippen molar-refractivity contribution in [2.45, 2.75) is 19.9 Å². The van der Waals surface area contributed by atoms with Crippen molar-refractivity contribution >= 4 is 21.8 Å². The highest BCUT2D eigenvalue weighted by Crippen LogP contribution is 2.23. The predicted octanol–water partition coefficient (Wildman–Crippen LogP) is 2.62. The summed E-state index contributed by atoms with van der Waals surface area (Å²) < 4.78 is 41.1. The normalized spacial score (nSPS) is 12.7. The van der Waals surface area contributed by atoms with E-state index >= 15 is 0 Å². The van der Waals surface area contributed by atoms with Gasteiger partial charge in [0.25, 0.3) is 0 Å². The summed E-state index contributed by atoms with van der Waals surface area (Å²) in [6.07, 6.45) is 0. The van der Waals surface area contributed by atoms with Crippen LogP contribution in [0.25, 0.3) is 0 Å². The van der Waals surface area contributed by atoms with Crippen LogP contribution in [-0.2, 0) is 15.0 Å². The molecule has 1 N–H and O–H groups in total. The van der Waals surface area contributed by atoms with E-state index in [0.29, 0.717) is 0 Å². The van der Waals surface area contributed by atoms with Crippen molar-refractivity contribution in [1.82, 2.24) is 9.62 Å². The fourth-order valence-corrected chi connectivity index (χ4v) is 3.57. The van der Waals surface area contributed by atoms with Crippen molar-refractivity contribution in [1.29, 1.82) is 0 Å². The van der Waals surface area contributed by atoms with E-state index in [0.717, 1.165) is 25.8 Å². The first-order chi connectivity index (χ1) is 12.6. The lowest BCUT2D eigenvalue weighted by atomic mass is 10.1. The fraction of sp³-hybridized carbons (Fsp3) is 0.316. The standard InChI is InChI=1S/C19H24FN3O3S/c1-14-9-11-16(12-10-14)15(2)21-19(24)13-23(27(25,26)22(3)4)18-8-6-5-7-17(18)20/h5-12,15H,13H2,1-4H3,(H,21,24)/t15-/m1/s1. The number of halogens is 1. The van der Waals surface area contributed by atoms with Gasteiger partial charge in [0, 0.05) is 14.1 Å². The Bertz CT molecular complexity index is 899. The van der Waals surface area contributed by atoms with Gasteiger partial charge < -0.3 is 5.32 Å². The Labute approximate surface area is 159 Å². The molecule has 2 rings (SSSR count). The molecule has 0 fully saturated rings. The minimum Gasteiger partial charge on any atom is -0.348 e. The van der Waals surface area contributed by atoms with Gasteiger partial charge in [-0.2, -0.15) is 12.7 Å². The third kappa shape index (κ3) is 5.05. The SMILES string of the molecule is Cc1ccc([C@@H](C)NC(=O)CN(c2ccccc2F)S(=O)(=O)N(C)C)cc1. The molecule has 1 amide bonds. The molecule has 0 radical (unpaired) electrons. The number of rotatable bonds is 7. The zero-order valence-electron chi connectivity index (χ0n) is 15.8. The molecule has 2 aromatic rings. The number of aryl methyl sites for hydroxylation is 1. The molecular weight excluding hydrogens is 369 g/mol. The Hall–Kier alpha value is -2.45. The minimum absolute atomic E-state index is 0.177. The molecular formula is C19H24FN3O3S. The number of benzene rings is 2. The minimum atomic E-state index is -4.05. The van der Waals surface area contributed by atoms with Crippen LogP contribution in [0.1, 0.15) is 24.1 Å². The van der Waals surface area contributed by atoms with Crippen LogP contribution >= 0.6 is 0 Å². The van der Waals surface area contributed by atoms with Gasteiger partial charge in [-0.3, -0.25) is 4.79 Å². The Morgan fingerprint density at radius 1 is 1.11 bits per heavy atom. The molecule has 0 aromatic heterocycles. The van der Waals surface area contributed by atoms with Gasteiger partial charge in [-0.15, -0.1) is 0 Å². The Balaban J connectivity index is 2.23. The topological polar surface area (TPSA) is 69.7 Å². The summed E-state index contributed by atoms with van der Waals surface area (Å²) in [6, 6.07) is 12.8. The Morgan fingerprint density at radius 2 is 1.70 bits per heavy atom. The van der Waals surface area contributed by atoms with Gasteiger partial charge in [-0.05, 0) is 31.5 Å². The maximum atomic E-state index is 14.2. The van der Waals surface area contributed by atoms with Crippen molar-refractivity contribution in [2.75, 3.05) is 24.9 Å². The van der Waals surface area contributed by atoms with Crippen molar-refractivity contribution in [3.63, 3.8) is 0 Å². The molecule has 0 aliphatic rings. The van der Waals surface area contributed by atoms with Crippen LogP contribution in [0.4, 0.5) is 10.1 Å². The van der Waals surface area contributed by atoms with Crippen LogP contribution < -0.4 is 9.62 Å². The lowest BCUT2D eigenvalue weighted by Gasteiger charge is -2.27. The van der Waals surface area contributed by atoms with Crippen LogP contribution in [0.3, 0.4) is 0 Å². The molecule has 0 saturated carbocycles. The average Bonchev–Trinajstić information content (AvgIpc) is 2.60. The number of anilines is 1. The highest BCUT2D eigenvalue weighted by Gasteiger charge is 2.29. The fourth-order valence-electron chi connectivity index (χ4n) is 2.50. The van der Waals surface area contributed by atoms with Crippen molar-refractivity contribution < 1.29 is 17.6 Å². The van der Waals surface area contributed by atoms with E-state index in [4.69, 9.17) is 0 Å². The first-order valence-electron chi connectivity index (χ1n) is 8.43.